The summed E-state index contributed by atoms with van der Waals surface area (Å²) >= 11 is 0. The molecule has 3 rings (SSSR count). The number of benzene rings is 2. The van der Waals surface area contributed by atoms with Crippen LogP contribution in [0.15, 0.2) is 48.5 Å². The number of para-hydroxylation sites is 2. The molecule has 0 atom stereocenters. The summed E-state index contributed by atoms with van der Waals surface area (Å²) in [5.41, 5.74) is 1.43. The lowest BCUT2D eigenvalue weighted by Gasteiger charge is -2.34. The largest absolute Gasteiger partial charge is 0.482 e. The first-order valence-corrected chi connectivity index (χ1v) is 10.1. The van der Waals surface area contributed by atoms with Crippen LogP contribution in [0.4, 0.5) is 10.1 Å². The fraction of sp³-hybridized carbons (Fsp3) is 0.391. The Labute approximate surface area is 170 Å². The van der Waals surface area contributed by atoms with E-state index in [2.05, 4.69) is 5.32 Å². The van der Waals surface area contributed by atoms with Crippen molar-refractivity contribution in [2.45, 2.75) is 51.6 Å². The molecule has 2 aromatic rings. The van der Waals surface area contributed by atoms with Gasteiger partial charge in [0.2, 0.25) is 5.91 Å². The number of ether oxygens (including phenoxy) is 1. The highest BCUT2D eigenvalue weighted by molar-refractivity contribution is 5.90. The third kappa shape index (κ3) is 6.04. The van der Waals surface area contributed by atoms with E-state index in [0.29, 0.717) is 18.0 Å². The Bertz CT molecular complexity index is 832. The zero-order chi connectivity index (χ0) is 20.6. The van der Waals surface area contributed by atoms with Gasteiger partial charge in [-0.15, -0.1) is 0 Å². The molecule has 0 saturated heterocycles. The van der Waals surface area contributed by atoms with Gasteiger partial charge in [0.25, 0.3) is 5.91 Å². The summed E-state index contributed by atoms with van der Waals surface area (Å²) in [6.45, 7) is 1.74. The summed E-state index contributed by atoms with van der Waals surface area (Å²) < 4.78 is 19.0. The Morgan fingerprint density at radius 2 is 1.76 bits per heavy atom. The number of halogens is 1. The van der Waals surface area contributed by atoms with Crippen molar-refractivity contribution in [3.05, 3.63) is 59.9 Å². The summed E-state index contributed by atoms with van der Waals surface area (Å²) in [4.78, 5) is 26.3. The van der Waals surface area contributed by atoms with Crippen LogP contribution >= 0.6 is 0 Å². The van der Waals surface area contributed by atoms with E-state index in [-0.39, 0.29) is 30.3 Å². The molecule has 6 heteroatoms. The van der Waals surface area contributed by atoms with Crippen LogP contribution in [0.5, 0.6) is 5.75 Å². The maximum atomic E-state index is 13.2. The van der Waals surface area contributed by atoms with Crippen molar-refractivity contribution in [1.29, 1.82) is 0 Å². The highest BCUT2D eigenvalue weighted by Crippen LogP contribution is 2.26. The second-order valence-corrected chi connectivity index (χ2v) is 7.41. The van der Waals surface area contributed by atoms with E-state index in [1.807, 2.05) is 4.90 Å². The topological polar surface area (TPSA) is 58.6 Å². The lowest BCUT2D eigenvalue weighted by atomic mass is 9.93. The molecule has 0 bridgehead atoms. The fourth-order valence-corrected chi connectivity index (χ4v) is 3.71. The van der Waals surface area contributed by atoms with E-state index >= 15 is 0 Å². The van der Waals surface area contributed by atoms with Crippen LogP contribution in [0.2, 0.25) is 0 Å². The molecule has 1 aliphatic rings. The van der Waals surface area contributed by atoms with Crippen LogP contribution in [-0.2, 0) is 16.1 Å². The zero-order valence-electron chi connectivity index (χ0n) is 16.7. The smallest absolute Gasteiger partial charge is 0.261 e. The number of carbonyl (C=O) groups excluding carboxylic acids is 2. The van der Waals surface area contributed by atoms with Crippen LogP contribution in [0, 0.1) is 5.82 Å². The number of anilines is 1. The molecule has 5 nitrogen and oxygen atoms in total. The Morgan fingerprint density at radius 3 is 2.45 bits per heavy atom. The maximum Gasteiger partial charge on any atom is 0.261 e. The number of hydrogen-bond acceptors (Lipinski definition) is 3. The van der Waals surface area contributed by atoms with Crippen LogP contribution < -0.4 is 10.1 Å². The minimum atomic E-state index is -0.290. The first-order chi connectivity index (χ1) is 14.0. The maximum absolute atomic E-state index is 13.2. The Kier molecular flexibility index (Phi) is 7.22. The second-order valence-electron chi connectivity index (χ2n) is 7.41. The first-order valence-electron chi connectivity index (χ1n) is 10.1. The molecule has 0 unspecified atom stereocenters. The van der Waals surface area contributed by atoms with Crippen molar-refractivity contribution in [3.63, 3.8) is 0 Å². The fourth-order valence-electron chi connectivity index (χ4n) is 3.71. The molecule has 0 aliphatic heterocycles. The molecule has 2 aromatic carbocycles. The van der Waals surface area contributed by atoms with Gasteiger partial charge < -0.3 is 15.0 Å². The number of hydrogen-bond donors (Lipinski definition) is 1. The Hall–Kier alpha value is -2.89. The van der Waals surface area contributed by atoms with Gasteiger partial charge in [0, 0.05) is 19.5 Å². The van der Waals surface area contributed by atoms with Gasteiger partial charge in [-0.05, 0) is 42.7 Å². The molecule has 0 aromatic heterocycles. The number of nitrogens with one attached hydrogen (secondary N) is 1. The predicted octanol–water partition coefficient (Wildman–Crippen LogP) is 4.52. The van der Waals surface area contributed by atoms with Crippen molar-refractivity contribution in [2.75, 3.05) is 11.9 Å². The van der Waals surface area contributed by atoms with Gasteiger partial charge in [-0.2, -0.15) is 0 Å². The Morgan fingerprint density at radius 1 is 1.07 bits per heavy atom. The molecule has 1 aliphatic carbocycles. The van der Waals surface area contributed by atoms with Crippen molar-refractivity contribution in [1.82, 2.24) is 4.90 Å². The third-order valence-electron chi connectivity index (χ3n) is 5.15. The molecule has 29 heavy (non-hydrogen) atoms. The number of carbonyl (C=O) groups is 2. The van der Waals surface area contributed by atoms with Crippen molar-refractivity contribution >= 4 is 17.5 Å². The van der Waals surface area contributed by atoms with Gasteiger partial charge in [0.1, 0.15) is 11.6 Å². The molecular formula is C23H27FN2O3. The van der Waals surface area contributed by atoms with Crippen molar-refractivity contribution in [3.8, 4) is 5.75 Å². The van der Waals surface area contributed by atoms with E-state index in [0.717, 1.165) is 31.2 Å². The molecule has 1 N–H and O–H groups in total. The lowest BCUT2D eigenvalue weighted by molar-refractivity contribution is -0.137. The highest BCUT2D eigenvalue weighted by Gasteiger charge is 2.26. The molecule has 1 fully saturated rings. The van der Waals surface area contributed by atoms with Gasteiger partial charge in [-0.3, -0.25) is 9.59 Å². The van der Waals surface area contributed by atoms with Gasteiger partial charge in [0.15, 0.2) is 6.61 Å². The molecule has 2 amide bonds. The minimum Gasteiger partial charge on any atom is -0.482 e. The number of rotatable bonds is 7. The van der Waals surface area contributed by atoms with Gasteiger partial charge in [0.05, 0.1) is 5.69 Å². The predicted molar refractivity (Wildman–Crippen MR) is 110 cm³/mol. The Balaban J connectivity index is 1.71. The zero-order valence-corrected chi connectivity index (χ0v) is 16.7. The van der Waals surface area contributed by atoms with Gasteiger partial charge in [-0.1, -0.05) is 43.5 Å². The molecular weight excluding hydrogens is 371 g/mol. The van der Waals surface area contributed by atoms with Crippen LogP contribution in [0.3, 0.4) is 0 Å². The van der Waals surface area contributed by atoms with Crippen molar-refractivity contribution < 1.29 is 18.7 Å². The van der Waals surface area contributed by atoms with Crippen LogP contribution in [0.1, 0.15) is 44.6 Å². The quantitative estimate of drug-likeness (QED) is 0.746. The summed E-state index contributed by atoms with van der Waals surface area (Å²) in [6, 6.07) is 13.5. The van der Waals surface area contributed by atoms with Gasteiger partial charge >= 0.3 is 0 Å². The third-order valence-corrected chi connectivity index (χ3v) is 5.15. The van der Waals surface area contributed by atoms with E-state index in [1.54, 1.807) is 36.4 Å². The normalized spacial score (nSPS) is 14.3. The summed E-state index contributed by atoms with van der Waals surface area (Å²) in [6.07, 6.45) is 5.33. The highest BCUT2D eigenvalue weighted by atomic mass is 19.1. The molecule has 0 radical (unpaired) electrons. The van der Waals surface area contributed by atoms with Crippen LogP contribution in [-0.4, -0.2) is 29.4 Å². The lowest BCUT2D eigenvalue weighted by Crippen LogP contribution is -2.43. The number of nitrogens with zero attached hydrogens (tertiary/aromatic N) is 1. The first kappa shape index (κ1) is 20.8. The molecule has 154 valence electrons. The minimum absolute atomic E-state index is 0.112. The standard InChI is InChI=1S/C23H27FN2O3/c1-17(27)25-21-9-5-6-10-22(21)29-16-23(28)26(20-7-3-2-4-8-20)15-18-11-13-19(24)14-12-18/h5-6,9-14,20H,2-4,7-8,15-16H2,1H3,(H,25,27). The second kappa shape index (κ2) is 10.0. The summed E-state index contributed by atoms with van der Waals surface area (Å²) in [7, 11) is 0. The average Bonchev–Trinajstić information content (AvgIpc) is 2.73. The molecule has 1 saturated carbocycles. The van der Waals surface area contributed by atoms with Crippen molar-refractivity contribution in [2.24, 2.45) is 0 Å². The molecule has 0 spiro atoms. The number of amides is 2. The van der Waals surface area contributed by atoms with E-state index in [1.165, 1.54) is 25.5 Å². The molecule has 0 heterocycles. The SMILES string of the molecule is CC(=O)Nc1ccccc1OCC(=O)N(Cc1ccc(F)cc1)C1CCCCC1. The average molecular weight is 398 g/mol. The van der Waals surface area contributed by atoms with Gasteiger partial charge in [-0.25, -0.2) is 4.39 Å². The van der Waals surface area contributed by atoms with E-state index in [9.17, 15) is 14.0 Å². The monoisotopic (exact) mass is 398 g/mol. The van der Waals surface area contributed by atoms with Crippen LogP contribution in [0.25, 0.3) is 0 Å². The van der Waals surface area contributed by atoms with E-state index < -0.39 is 0 Å². The summed E-state index contributed by atoms with van der Waals surface area (Å²) in [5.74, 6) is -0.144. The van der Waals surface area contributed by atoms with E-state index in [4.69, 9.17) is 4.74 Å². The summed E-state index contributed by atoms with van der Waals surface area (Å²) in [5, 5.41) is 2.71.